The third kappa shape index (κ3) is 3.00. The van der Waals surface area contributed by atoms with Crippen molar-refractivity contribution in [1.82, 2.24) is 4.57 Å². The van der Waals surface area contributed by atoms with Crippen LogP contribution < -0.4 is 0 Å². The molecule has 26 heavy (non-hydrogen) atoms. The average Bonchev–Trinajstić information content (AvgIpc) is 2.97. The van der Waals surface area contributed by atoms with Crippen LogP contribution >= 0.6 is 0 Å². The zero-order chi connectivity index (χ0) is 17.9. The molecule has 0 aliphatic rings. The number of rotatable bonds is 4. The van der Waals surface area contributed by atoms with Gasteiger partial charge in [-0.1, -0.05) is 78.9 Å². The Hall–Kier alpha value is -3.33. The number of aromatic nitrogens is 1. The molecular formula is C23H19NO2. The Bertz CT molecular complexity index is 1050. The molecule has 0 saturated heterocycles. The van der Waals surface area contributed by atoms with Crippen LogP contribution in [0.5, 0.6) is 0 Å². The molecule has 0 saturated carbocycles. The van der Waals surface area contributed by atoms with Crippen LogP contribution in [-0.2, 0) is 12.8 Å². The molecule has 0 spiro atoms. The largest absolute Gasteiger partial charge is 0.464 e. The van der Waals surface area contributed by atoms with Crippen molar-refractivity contribution in [2.45, 2.75) is 12.8 Å². The summed E-state index contributed by atoms with van der Waals surface area (Å²) in [7, 11) is 0. The first-order valence-corrected chi connectivity index (χ1v) is 8.66. The van der Waals surface area contributed by atoms with E-state index in [-0.39, 0.29) is 0 Å². The van der Waals surface area contributed by atoms with Gasteiger partial charge in [0.25, 0.3) is 0 Å². The highest BCUT2D eigenvalue weighted by Gasteiger charge is 2.21. The topological polar surface area (TPSA) is 42.2 Å². The number of fused-ring (bicyclic) bond motifs is 1. The predicted molar refractivity (Wildman–Crippen MR) is 104 cm³/mol. The van der Waals surface area contributed by atoms with Gasteiger partial charge >= 0.3 is 6.09 Å². The van der Waals surface area contributed by atoms with Crippen molar-refractivity contribution < 1.29 is 9.90 Å². The van der Waals surface area contributed by atoms with E-state index in [1.165, 1.54) is 10.1 Å². The number of hydrogen-bond donors (Lipinski definition) is 1. The Morgan fingerprint density at radius 2 is 1.27 bits per heavy atom. The van der Waals surface area contributed by atoms with Gasteiger partial charge in [0.05, 0.1) is 5.52 Å². The highest BCUT2D eigenvalue weighted by atomic mass is 16.4. The van der Waals surface area contributed by atoms with E-state index in [0.29, 0.717) is 12.8 Å². The zero-order valence-electron chi connectivity index (χ0n) is 14.3. The van der Waals surface area contributed by atoms with E-state index in [9.17, 15) is 9.90 Å². The van der Waals surface area contributed by atoms with E-state index in [2.05, 4.69) is 12.1 Å². The highest BCUT2D eigenvalue weighted by molar-refractivity contribution is 5.93. The fourth-order valence-electron chi connectivity index (χ4n) is 3.55. The van der Waals surface area contributed by atoms with E-state index >= 15 is 0 Å². The Kier molecular flexibility index (Phi) is 4.28. The summed E-state index contributed by atoms with van der Waals surface area (Å²) >= 11 is 0. The van der Waals surface area contributed by atoms with Gasteiger partial charge in [0.1, 0.15) is 0 Å². The van der Waals surface area contributed by atoms with Gasteiger partial charge in [-0.3, -0.25) is 0 Å². The van der Waals surface area contributed by atoms with Gasteiger partial charge < -0.3 is 5.11 Å². The first-order valence-electron chi connectivity index (χ1n) is 8.66. The van der Waals surface area contributed by atoms with E-state index in [0.717, 1.165) is 27.7 Å². The maximum atomic E-state index is 12.1. The standard InChI is InChI=1S/C23H19NO2/c25-23(26)24-21-14-8-7-13-19(21)20(15-17-9-3-1-4-10-17)22(24)16-18-11-5-2-6-12-18/h1-14H,15-16H2,(H,25,26). The number of para-hydroxylation sites is 1. The third-order valence-electron chi connectivity index (χ3n) is 4.72. The molecule has 3 heteroatoms. The number of nitrogens with zero attached hydrogens (tertiary/aromatic N) is 1. The molecule has 128 valence electrons. The van der Waals surface area contributed by atoms with Crippen LogP contribution in [0.2, 0.25) is 0 Å². The Labute approximate surface area is 152 Å². The summed E-state index contributed by atoms with van der Waals surface area (Å²) < 4.78 is 1.45. The summed E-state index contributed by atoms with van der Waals surface area (Å²) in [6.07, 6.45) is 0.361. The van der Waals surface area contributed by atoms with Crippen molar-refractivity contribution in [1.29, 1.82) is 0 Å². The van der Waals surface area contributed by atoms with E-state index in [1.807, 2.05) is 72.8 Å². The van der Waals surface area contributed by atoms with Crippen molar-refractivity contribution in [2.24, 2.45) is 0 Å². The van der Waals surface area contributed by atoms with Crippen LogP contribution in [0, 0.1) is 0 Å². The minimum atomic E-state index is -0.938. The molecule has 1 N–H and O–H groups in total. The molecule has 4 aromatic rings. The number of hydrogen-bond acceptors (Lipinski definition) is 1. The van der Waals surface area contributed by atoms with Crippen LogP contribution in [0.3, 0.4) is 0 Å². The molecule has 0 atom stereocenters. The number of carboxylic acid groups (broad SMARTS) is 1. The van der Waals surface area contributed by atoms with Crippen LogP contribution in [0.15, 0.2) is 84.9 Å². The first-order chi connectivity index (χ1) is 12.7. The Balaban J connectivity index is 1.92. The molecule has 4 rings (SSSR count). The number of benzene rings is 3. The van der Waals surface area contributed by atoms with Crippen molar-refractivity contribution >= 4 is 17.0 Å². The lowest BCUT2D eigenvalue weighted by Crippen LogP contribution is -2.13. The molecule has 1 heterocycles. The Morgan fingerprint density at radius 1 is 0.731 bits per heavy atom. The molecule has 0 radical (unpaired) electrons. The van der Waals surface area contributed by atoms with Gasteiger partial charge in [-0.15, -0.1) is 0 Å². The van der Waals surface area contributed by atoms with Gasteiger partial charge in [0.2, 0.25) is 0 Å². The summed E-state index contributed by atoms with van der Waals surface area (Å²) in [4.78, 5) is 12.1. The molecule has 3 nitrogen and oxygen atoms in total. The first kappa shape index (κ1) is 16.2. The fraction of sp³-hybridized carbons (Fsp3) is 0.0870. The van der Waals surface area contributed by atoms with Crippen molar-refractivity contribution in [3.8, 4) is 0 Å². The highest BCUT2D eigenvalue weighted by Crippen LogP contribution is 2.30. The summed E-state index contributed by atoms with van der Waals surface area (Å²) in [6.45, 7) is 0. The van der Waals surface area contributed by atoms with Crippen LogP contribution in [0.1, 0.15) is 22.4 Å². The molecular weight excluding hydrogens is 322 g/mol. The minimum absolute atomic E-state index is 0.587. The minimum Gasteiger partial charge on any atom is -0.464 e. The lowest BCUT2D eigenvalue weighted by molar-refractivity contribution is 0.196. The van der Waals surface area contributed by atoms with Gasteiger partial charge in [0, 0.05) is 17.5 Å². The molecule has 1 aromatic heterocycles. The van der Waals surface area contributed by atoms with Crippen molar-refractivity contribution in [2.75, 3.05) is 0 Å². The van der Waals surface area contributed by atoms with E-state index in [1.54, 1.807) is 0 Å². The Morgan fingerprint density at radius 3 is 1.88 bits per heavy atom. The predicted octanol–water partition coefficient (Wildman–Crippen LogP) is 5.35. The summed E-state index contributed by atoms with van der Waals surface area (Å²) in [5.74, 6) is 0. The third-order valence-corrected chi connectivity index (χ3v) is 4.72. The van der Waals surface area contributed by atoms with Gasteiger partial charge in [-0.25, -0.2) is 9.36 Å². The van der Waals surface area contributed by atoms with E-state index < -0.39 is 6.09 Å². The van der Waals surface area contributed by atoms with Gasteiger partial charge in [0.15, 0.2) is 0 Å². The summed E-state index contributed by atoms with van der Waals surface area (Å²) in [5, 5.41) is 10.9. The average molecular weight is 341 g/mol. The summed E-state index contributed by atoms with van der Waals surface area (Å²) in [6, 6.07) is 28.0. The molecule has 0 unspecified atom stereocenters. The lowest BCUT2D eigenvalue weighted by Gasteiger charge is -2.09. The smallest absolute Gasteiger partial charge is 0.416 e. The molecule has 0 aliphatic carbocycles. The fourth-order valence-corrected chi connectivity index (χ4v) is 3.55. The lowest BCUT2D eigenvalue weighted by atomic mass is 9.98. The second-order valence-electron chi connectivity index (χ2n) is 6.39. The molecule has 0 bridgehead atoms. The second kappa shape index (κ2) is 6.89. The zero-order valence-corrected chi connectivity index (χ0v) is 14.3. The number of carbonyl (C=O) groups is 1. The molecule has 0 aliphatic heterocycles. The van der Waals surface area contributed by atoms with Crippen LogP contribution in [-0.4, -0.2) is 15.8 Å². The van der Waals surface area contributed by atoms with Crippen LogP contribution in [0.4, 0.5) is 4.79 Å². The van der Waals surface area contributed by atoms with E-state index in [4.69, 9.17) is 0 Å². The van der Waals surface area contributed by atoms with Crippen molar-refractivity contribution in [3.05, 3.63) is 107 Å². The maximum absolute atomic E-state index is 12.1. The molecule has 0 fully saturated rings. The van der Waals surface area contributed by atoms with Crippen molar-refractivity contribution in [3.63, 3.8) is 0 Å². The SMILES string of the molecule is O=C(O)n1c(Cc2ccccc2)c(Cc2ccccc2)c2ccccc21. The quantitative estimate of drug-likeness (QED) is 0.544. The monoisotopic (exact) mass is 341 g/mol. The van der Waals surface area contributed by atoms with Gasteiger partial charge in [-0.05, 0) is 29.2 Å². The normalized spacial score (nSPS) is 10.9. The molecule has 0 amide bonds. The van der Waals surface area contributed by atoms with Gasteiger partial charge in [-0.2, -0.15) is 0 Å². The molecule has 3 aromatic carbocycles. The maximum Gasteiger partial charge on any atom is 0.416 e. The second-order valence-corrected chi connectivity index (χ2v) is 6.39. The van der Waals surface area contributed by atoms with Crippen LogP contribution in [0.25, 0.3) is 10.9 Å². The summed E-state index contributed by atoms with van der Waals surface area (Å²) in [5.41, 5.74) is 4.95.